The summed E-state index contributed by atoms with van der Waals surface area (Å²) < 4.78 is 26.6. The lowest BCUT2D eigenvalue weighted by Crippen LogP contribution is -2.14. The summed E-state index contributed by atoms with van der Waals surface area (Å²) >= 11 is 8.78. The fraction of sp³-hybridized carbons (Fsp3) is 0.571. The van der Waals surface area contributed by atoms with Gasteiger partial charge >= 0.3 is 0 Å². The molecule has 1 aromatic carbocycles. The van der Waals surface area contributed by atoms with Gasteiger partial charge in [-0.3, -0.25) is 0 Å². The smallest absolute Gasteiger partial charge is 0.201 e. The van der Waals surface area contributed by atoms with E-state index in [9.17, 15) is 8.78 Å². The summed E-state index contributed by atoms with van der Waals surface area (Å²) in [7, 11) is 0. The van der Waals surface area contributed by atoms with Crippen LogP contribution in [0.1, 0.15) is 48.4 Å². The van der Waals surface area contributed by atoms with Crippen molar-refractivity contribution in [1.29, 1.82) is 0 Å². The van der Waals surface area contributed by atoms with Gasteiger partial charge in [0.1, 0.15) is 5.82 Å². The summed E-state index contributed by atoms with van der Waals surface area (Å²) in [6.45, 7) is 0. The molecule has 1 aliphatic carbocycles. The van der Waals surface area contributed by atoms with Crippen LogP contribution >= 0.6 is 27.5 Å². The second-order valence-electron chi connectivity index (χ2n) is 4.95. The van der Waals surface area contributed by atoms with E-state index in [0.717, 1.165) is 29.7 Å². The number of benzene rings is 1. The van der Waals surface area contributed by atoms with E-state index in [4.69, 9.17) is 11.6 Å². The van der Waals surface area contributed by atoms with Crippen molar-refractivity contribution in [3.63, 3.8) is 0 Å². The van der Waals surface area contributed by atoms with E-state index >= 15 is 0 Å². The van der Waals surface area contributed by atoms with Gasteiger partial charge in [0.15, 0.2) is 0 Å². The monoisotopic (exact) mass is 336 g/mol. The van der Waals surface area contributed by atoms with Gasteiger partial charge in [0, 0.05) is 10.9 Å². The summed E-state index contributed by atoms with van der Waals surface area (Å²) in [6, 6.07) is 4.73. The van der Waals surface area contributed by atoms with Gasteiger partial charge in [-0.2, -0.15) is 0 Å². The van der Waals surface area contributed by atoms with Gasteiger partial charge in [0.05, 0.1) is 0 Å². The zero-order valence-electron chi connectivity index (χ0n) is 10.0. The molecule has 18 heavy (non-hydrogen) atoms. The van der Waals surface area contributed by atoms with Crippen molar-refractivity contribution in [1.82, 2.24) is 0 Å². The van der Waals surface area contributed by atoms with Gasteiger partial charge in [0.2, 0.25) is 5.63 Å². The molecule has 1 saturated carbocycles. The highest BCUT2D eigenvalue weighted by atomic mass is 79.9. The molecule has 0 nitrogen and oxygen atoms in total. The molecule has 100 valence electrons. The second-order valence-corrected chi connectivity index (χ2v) is 5.98. The predicted octanol–water partition coefficient (Wildman–Crippen LogP) is 5.70. The van der Waals surface area contributed by atoms with E-state index in [0.29, 0.717) is 5.92 Å². The van der Waals surface area contributed by atoms with Crippen LogP contribution in [-0.2, 0) is 0 Å². The fourth-order valence-electron chi connectivity index (χ4n) is 2.62. The Balaban J connectivity index is 2.08. The van der Waals surface area contributed by atoms with Crippen LogP contribution in [0.5, 0.6) is 0 Å². The van der Waals surface area contributed by atoms with Gasteiger partial charge in [-0.15, -0.1) is 0 Å². The molecule has 1 fully saturated rings. The van der Waals surface area contributed by atoms with Crippen molar-refractivity contribution in [2.75, 3.05) is 5.33 Å². The standard InChI is InChI=1S/C14H16BrClF2/c15-8-9-1-3-10(4-2-9)11-5-6-12(14(16)18)13(17)7-11/h5-7,9-10,14H,1-4,8H2/t9-,10-,14?. The lowest BCUT2D eigenvalue weighted by Gasteiger charge is -2.27. The molecule has 0 bridgehead atoms. The Morgan fingerprint density at radius 2 is 1.94 bits per heavy atom. The number of alkyl halides is 3. The molecule has 0 spiro atoms. The topological polar surface area (TPSA) is 0 Å². The van der Waals surface area contributed by atoms with Crippen molar-refractivity contribution in [2.24, 2.45) is 5.92 Å². The summed E-state index contributed by atoms with van der Waals surface area (Å²) in [6.07, 6.45) is 4.49. The molecule has 0 N–H and O–H groups in total. The van der Waals surface area contributed by atoms with Crippen LogP contribution in [-0.4, -0.2) is 5.33 Å². The minimum absolute atomic E-state index is 0.0606. The molecule has 1 aliphatic rings. The lowest BCUT2D eigenvalue weighted by atomic mass is 9.79. The van der Waals surface area contributed by atoms with Crippen LogP contribution in [0.4, 0.5) is 8.78 Å². The van der Waals surface area contributed by atoms with Crippen LogP contribution < -0.4 is 0 Å². The largest absolute Gasteiger partial charge is 0.225 e. The molecule has 2 rings (SSSR count). The van der Waals surface area contributed by atoms with Gasteiger partial charge < -0.3 is 0 Å². The fourth-order valence-corrected chi connectivity index (χ4v) is 3.45. The van der Waals surface area contributed by atoms with Crippen molar-refractivity contribution in [3.05, 3.63) is 35.1 Å². The van der Waals surface area contributed by atoms with Gasteiger partial charge in [0.25, 0.3) is 0 Å². The molecule has 4 heteroatoms. The maximum Gasteiger partial charge on any atom is 0.201 e. The van der Waals surface area contributed by atoms with E-state index < -0.39 is 11.4 Å². The first kappa shape index (κ1) is 14.3. The average Bonchev–Trinajstić information content (AvgIpc) is 2.38. The number of rotatable bonds is 3. The highest BCUT2D eigenvalue weighted by molar-refractivity contribution is 9.09. The van der Waals surface area contributed by atoms with E-state index in [-0.39, 0.29) is 5.56 Å². The normalized spacial score (nSPS) is 26.0. The van der Waals surface area contributed by atoms with Gasteiger partial charge in [-0.05, 0) is 49.1 Å². The Labute approximate surface area is 120 Å². The highest BCUT2D eigenvalue weighted by Crippen LogP contribution is 2.37. The Hall–Kier alpha value is -0.150. The van der Waals surface area contributed by atoms with Crippen LogP contribution in [0, 0.1) is 11.7 Å². The SMILES string of the molecule is Fc1cc([C@H]2CC[C@H](CBr)CC2)ccc1C(F)Cl. The van der Waals surface area contributed by atoms with Crippen LogP contribution in [0.3, 0.4) is 0 Å². The zero-order valence-corrected chi connectivity index (χ0v) is 12.4. The lowest BCUT2D eigenvalue weighted by molar-refractivity contribution is 0.353. The first-order valence-corrected chi connectivity index (χ1v) is 7.81. The summed E-state index contributed by atoms with van der Waals surface area (Å²) in [5.74, 6) is 0.610. The Morgan fingerprint density at radius 1 is 1.28 bits per heavy atom. The van der Waals surface area contributed by atoms with Crippen LogP contribution in [0.2, 0.25) is 0 Å². The maximum atomic E-state index is 13.7. The molecule has 1 unspecified atom stereocenters. The van der Waals surface area contributed by atoms with E-state index in [1.54, 1.807) is 0 Å². The molecule has 0 saturated heterocycles. The minimum atomic E-state index is -1.76. The average molecular weight is 338 g/mol. The molecular formula is C14H16BrClF2. The number of halogens is 4. The van der Waals surface area contributed by atoms with E-state index in [1.165, 1.54) is 25.0 Å². The molecule has 0 radical (unpaired) electrons. The summed E-state index contributed by atoms with van der Waals surface area (Å²) in [5, 5.41) is 1.04. The Bertz CT molecular complexity index is 401. The Morgan fingerprint density at radius 3 is 2.44 bits per heavy atom. The van der Waals surface area contributed by atoms with Crippen molar-refractivity contribution in [3.8, 4) is 0 Å². The summed E-state index contributed by atoms with van der Waals surface area (Å²) in [4.78, 5) is 0. The van der Waals surface area contributed by atoms with Gasteiger partial charge in [-0.25, -0.2) is 8.78 Å². The summed E-state index contributed by atoms with van der Waals surface area (Å²) in [5.41, 5.74) is -0.848. The van der Waals surface area contributed by atoms with Crippen LogP contribution in [0.25, 0.3) is 0 Å². The third-order valence-electron chi connectivity index (χ3n) is 3.80. The predicted molar refractivity (Wildman–Crippen MR) is 74.6 cm³/mol. The minimum Gasteiger partial charge on any atom is -0.225 e. The third kappa shape index (κ3) is 3.24. The van der Waals surface area contributed by atoms with E-state index in [2.05, 4.69) is 15.9 Å². The molecule has 0 heterocycles. The molecule has 1 atom stereocenters. The molecular weight excluding hydrogens is 322 g/mol. The van der Waals surface area contributed by atoms with E-state index in [1.807, 2.05) is 6.07 Å². The molecule has 0 aromatic heterocycles. The second kappa shape index (κ2) is 6.33. The quantitative estimate of drug-likeness (QED) is 0.620. The zero-order chi connectivity index (χ0) is 13.1. The first-order valence-electron chi connectivity index (χ1n) is 6.25. The molecule has 0 amide bonds. The number of hydrogen-bond donors (Lipinski definition) is 0. The van der Waals surface area contributed by atoms with Crippen LogP contribution in [0.15, 0.2) is 18.2 Å². The molecule has 1 aromatic rings. The third-order valence-corrected chi connectivity index (χ3v) is 4.95. The maximum absolute atomic E-state index is 13.7. The first-order chi connectivity index (χ1) is 8.61. The van der Waals surface area contributed by atoms with Crippen molar-refractivity contribution >= 4 is 27.5 Å². The van der Waals surface area contributed by atoms with Crippen molar-refractivity contribution < 1.29 is 8.78 Å². The Kier molecular flexibility index (Phi) is 5.02. The molecule has 0 aliphatic heterocycles. The highest BCUT2D eigenvalue weighted by Gasteiger charge is 2.23. The number of hydrogen-bond acceptors (Lipinski definition) is 0. The van der Waals surface area contributed by atoms with Gasteiger partial charge in [-0.1, -0.05) is 39.7 Å². The van der Waals surface area contributed by atoms with Crippen molar-refractivity contribution in [2.45, 2.75) is 37.2 Å².